The third-order valence-electron chi connectivity index (χ3n) is 7.61. The molecule has 0 aromatic rings. The molecule has 0 saturated heterocycles. The van der Waals surface area contributed by atoms with E-state index in [2.05, 4.69) is 27.6 Å². The van der Waals surface area contributed by atoms with E-state index in [0.717, 1.165) is 12.8 Å². The van der Waals surface area contributed by atoms with Gasteiger partial charge in [0, 0.05) is 5.57 Å². The van der Waals surface area contributed by atoms with Gasteiger partial charge in [-0.15, -0.1) is 0 Å². The molecule has 0 aliphatic heterocycles. The lowest BCUT2D eigenvalue weighted by Crippen LogP contribution is -2.41. The van der Waals surface area contributed by atoms with Crippen molar-refractivity contribution in [2.75, 3.05) is 33.8 Å². The number of carbonyl (C=O) groups excluding carboxylic acids is 1. The number of carbonyl (C=O) groups is 1. The van der Waals surface area contributed by atoms with Crippen LogP contribution < -0.4 is 0 Å². The summed E-state index contributed by atoms with van der Waals surface area (Å²) in [7, 11) is 4.85. The Labute approximate surface area is 227 Å². The molecule has 0 aromatic carbocycles. The smallest absolute Gasteiger partial charge is 0.333 e. The van der Waals surface area contributed by atoms with Crippen molar-refractivity contribution in [1.29, 1.82) is 0 Å². The van der Waals surface area contributed by atoms with Gasteiger partial charge in [0.2, 0.25) is 0 Å². The highest BCUT2D eigenvalue weighted by Gasteiger charge is 2.13. The first-order valence-corrected chi connectivity index (χ1v) is 16.0. The molecule has 36 heavy (non-hydrogen) atoms. The average Bonchev–Trinajstić information content (AvgIpc) is 2.84. The highest BCUT2D eigenvalue weighted by Crippen LogP contribution is 2.15. The van der Waals surface area contributed by atoms with Gasteiger partial charge in [-0.25, -0.2) is 4.79 Å². The van der Waals surface area contributed by atoms with Crippen LogP contribution in [0.25, 0.3) is 0 Å². The molecule has 0 bridgehead atoms. The fourth-order valence-electron chi connectivity index (χ4n) is 5.01. The maximum Gasteiger partial charge on any atom is 0.333 e. The molecule has 0 fully saturated rings. The summed E-state index contributed by atoms with van der Waals surface area (Å²) >= 11 is 0. The number of quaternary nitrogens is 1. The molecule has 0 aromatic heterocycles. The van der Waals surface area contributed by atoms with E-state index in [1.54, 1.807) is 6.92 Å². The minimum atomic E-state index is -0.253. The van der Waals surface area contributed by atoms with Gasteiger partial charge in [0.25, 0.3) is 0 Å². The summed E-state index contributed by atoms with van der Waals surface area (Å²) in [6.07, 6.45) is 31.8. The molecule has 214 valence electrons. The Balaban J connectivity index is 3.33. The molecule has 0 N–H and O–H groups in total. The maximum absolute atomic E-state index is 11.3. The van der Waals surface area contributed by atoms with Crippen molar-refractivity contribution >= 4 is 5.97 Å². The lowest BCUT2D eigenvalue weighted by atomic mass is 10.0. The Hall–Kier alpha value is -0.830. The third kappa shape index (κ3) is 26.2. The molecule has 0 spiro atoms. The van der Waals surface area contributed by atoms with Crippen molar-refractivity contribution in [3.8, 4) is 0 Å². The number of ether oxygens (including phenoxy) is 1. The maximum atomic E-state index is 11.3. The molecule has 0 heterocycles. The number of hydrogen-bond donors (Lipinski definition) is 0. The SMILES string of the molecule is C=C(C)C(=O)OCCCCCCCCCCC[N+](C)(C)CCCCCCCCCCCCCCCC. The van der Waals surface area contributed by atoms with Gasteiger partial charge in [0.05, 0.1) is 33.8 Å². The van der Waals surface area contributed by atoms with E-state index in [4.69, 9.17) is 4.74 Å². The second-order valence-electron chi connectivity index (χ2n) is 12.1. The molecule has 0 amide bonds. The lowest BCUT2D eigenvalue weighted by Gasteiger charge is -2.30. The van der Waals surface area contributed by atoms with Gasteiger partial charge in [-0.3, -0.25) is 0 Å². The van der Waals surface area contributed by atoms with Gasteiger partial charge < -0.3 is 9.22 Å². The summed E-state index contributed by atoms with van der Waals surface area (Å²) in [6, 6.07) is 0. The number of esters is 1. The Bertz CT molecular complexity index is 500. The van der Waals surface area contributed by atoms with Gasteiger partial charge in [-0.05, 0) is 39.0 Å². The van der Waals surface area contributed by atoms with Crippen LogP contribution in [-0.2, 0) is 9.53 Å². The van der Waals surface area contributed by atoms with Crippen molar-refractivity contribution < 1.29 is 14.0 Å². The second-order valence-corrected chi connectivity index (χ2v) is 12.1. The standard InChI is InChI=1S/C33H66NO2/c1-6-7-8-9-10-11-12-13-14-15-17-20-23-26-29-34(4,5)30-27-24-21-18-16-19-22-25-28-31-36-33(35)32(2)3/h2,6-31H2,1,3-5H3/q+1. The van der Waals surface area contributed by atoms with Gasteiger partial charge in [0.1, 0.15) is 0 Å². The van der Waals surface area contributed by atoms with Crippen LogP contribution in [0.1, 0.15) is 162 Å². The fraction of sp³-hybridized carbons (Fsp3) is 0.909. The topological polar surface area (TPSA) is 26.3 Å². The van der Waals surface area contributed by atoms with Crippen LogP contribution >= 0.6 is 0 Å². The molecule has 0 rings (SSSR count). The number of hydrogen-bond acceptors (Lipinski definition) is 2. The van der Waals surface area contributed by atoms with Crippen molar-refractivity contribution in [3.05, 3.63) is 12.2 Å². The summed E-state index contributed by atoms with van der Waals surface area (Å²) in [5.41, 5.74) is 0.493. The van der Waals surface area contributed by atoms with Crippen LogP contribution in [0, 0.1) is 0 Å². The molecule has 3 heteroatoms. The van der Waals surface area contributed by atoms with Crippen LogP contribution in [0.4, 0.5) is 0 Å². The van der Waals surface area contributed by atoms with E-state index >= 15 is 0 Å². The van der Waals surface area contributed by atoms with Crippen molar-refractivity contribution in [1.82, 2.24) is 0 Å². The van der Waals surface area contributed by atoms with E-state index < -0.39 is 0 Å². The first kappa shape index (κ1) is 35.2. The highest BCUT2D eigenvalue weighted by atomic mass is 16.5. The second kappa shape index (κ2) is 25.8. The third-order valence-corrected chi connectivity index (χ3v) is 7.61. The van der Waals surface area contributed by atoms with Crippen molar-refractivity contribution in [2.45, 2.75) is 162 Å². The Morgan fingerprint density at radius 3 is 1.19 bits per heavy atom. The summed E-state index contributed by atoms with van der Waals surface area (Å²) < 4.78 is 6.34. The molecule has 0 atom stereocenters. The largest absolute Gasteiger partial charge is 0.462 e. The van der Waals surface area contributed by atoms with Crippen LogP contribution in [-0.4, -0.2) is 44.2 Å². The van der Waals surface area contributed by atoms with Gasteiger partial charge >= 0.3 is 5.97 Å². The van der Waals surface area contributed by atoms with E-state index in [0.29, 0.717) is 12.2 Å². The minimum Gasteiger partial charge on any atom is -0.462 e. The molecular weight excluding hydrogens is 442 g/mol. The molecular formula is C33H66NO2+. The number of nitrogens with zero attached hydrogens (tertiary/aromatic N) is 1. The first-order valence-electron chi connectivity index (χ1n) is 16.0. The molecule has 0 radical (unpaired) electrons. The van der Waals surface area contributed by atoms with E-state index in [1.165, 1.54) is 152 Å². The van der Waals surface area contributed by atoms with Gasteiger partial charge in [-0.1, -0.05) is 129 Å². The predicted molar refractivity (Wildman–Crippen MR) is 159 cm³/mol. The molecule has 0 unspecified atom stereocenters. The van der Waals surface area contributed by atoms with Crippen molar-refractivity contribution in [3.63, 3.8) is 0 Å². The summed E-state index contributed by atoms with van der Waals surface area (Å²) in [5, 5.41) is 0. The Kier molecular flexibility index (Phi) is 25.2. The number of rotatable bonds is 28. The quantitative estimate of drug-likeness (QED) is 0.0454. The van der Waals surface area contributed by atoms with Gasteiger partial charge in [0.15, 0.2) is 0 Å². The zero-order chi connectivity index (χ0) is 26.7. The average molecular weight is 509 g/mol. The monoisotopic (exact) mass is 509 g/mol. The van der Waals surface area contributed by atoms with E-state index in [1.807, 2.05) is 0 Å². The van der Waals surface area contributed by atoms with E-state index in [9.17, 15) is 4.79 Å². The molecule has 0 aliphatic rings. The lowest BCUT2D eigenvalue weighted by molar-refractivity contribution is -0.890. The zero-order valence-electron chi connectivity index (χ0n) is 25.4. The summed E-state index contributed by atoms with van der Waals surface area (Å²) in [4.78, 5) is 11.3. The van der Waals surface area contributed by atoms with Crippen molar-refractivity contribution in [2.24, 2.45) is 0 Å². The van der Waals surface area contributed by atoms with Gasteiger partial charge in [-0.2, -0.15) is 0 Å². The van der Waals surface area contributed by atoms with Crippen LogP contribution in [0.3, 0.4) is 0 Å². The minimum absolute atomic E-state index is 0.253. The molecule has 0 saturated carbocycles. The normalized spacial score (nSPS) is 11.7. The Morgan fingerprint density at radius 2 is 0.861 bits per heavy atom. The molecule has 0 aliphatic carbocycles. The number of unbranched alkanes of at least 4 members (excludes halogenated alkanes) is 21. The Morgan fingerprint density at radius 1 is 0.556 bits per heavy atom. The van der Waals surface area contributed by atoms with Crippen LogP contribution in [0.15, 0.2) is 12.2 Å². The fourth-order valence-corrected chi connectivity index (χ4v) is 5.01. The van der Waals surface area contributed by atoms with Crippen LogP contribution in [0.2, 0.25) is 0 Å². The van der Waals surface area contributed by atoms with Crippen LogP contribution in [0.5, 0.6) is 0 Å². The predicted octanol–water partition coefficient (Wildman–Crippen LogP) is 10.2. The summed E-state index contributed by atoms with van der Waals surface area (Å²) in [5.74, 6) is -0.253. The first-order chi connectivity index (χ1) is 17.4. The zero-order valence-corrected chi connectivity index (χ0v) is 25.4. The summed E-state index contributed by atoms with van der Waals surface area (Å²) in [6.45, 7) is 10.8. The molecule has 3 nitrogen and oxygen atoms in total. The van der Waals surface area contributed by atoms with E-state index in [-0.39, 0.29) is 5.97 Å². The highest BCUT2D eigenvalue weighted by molar-refractivity contribution is 5.86.